The fourth-order valence-electron chi connectivity index (χ4n) is 2.22. The number of benzene rings is 1. The molecule has 1 unspecified atom stereocenters. The minimum atomic E-state index is -0.644. The van der Waals surface area contributed by atoms with Gasteiger partial charge in [-0.15, -0.1) is 0 Å². The van der Waals surface area contributed by atoms with E-state index in [9.17, 15) is 9.90 Å². The number of hydrogen-bond acceptors (Lipinski definition) is 2. The Bertz CT molecular complexity index is 408. The highest BCUT2D eigenvalue weighted by molar-refractivity contribution is 5.78. The van der Waals surface area contributed by atoms with Crippen molar-refractivity contribution in [2.45, 2.75) is 52.6 Å². The lowest BCUT2D eigenvalue weighted by Crippen LogP contribution is -2.33. The van der Waals surface area contributed by atoms with Crippen molar-refractivity contribution in [2.24, 2.45) is 5.92 Å². The largest absolute Gasteiger partial charge is 0.387 e. The number of carbonyl (C=O) groups is 1. The number of aliphatic hydroxyl groups is 1. The number of amides is 1. The Labute approximate surface area is 122 Å². The van der Waals surface area contributed by atoms with E-state index < -0.39 is 6.10 Å². The first-order valence-corrected chi connectivity index (χ1v) is 7.55. The van der Waals surface area contributed by atoms with E-state index in [-0.39, 0.29) is 18.4 Å². The Hall–Kier alpha value is -1.35. The molecule has 1 atom stereocenters. The molecule has 1 amide bonds. The van der Waals surface area contributed by atoms with Crippen LogP contribution in [0, 0.1) is 5.92 Å². The van der Waals surface area contributed by atoms with E-state index in [1.54, 1.807) is 0 Å². The van der Waals surface area contributed by atoms with Crippen LogP contribution in [0.1, 0.15) is 63.7 Å². The van der Waals surface area contributed by atoms with Gasteiger partial charge in [-0.25, -0.2) is 0 Å². The molecule has 1 rings (SSSR count). The molecule has 0 heterocycles. The van der Waals surface area contributed by atoms with Crippen molar-refractivity contribution >= 4 is 5.91 Å². The molecule has 0 saturated carbocycles. The Balaban J connectivity index is 2.54. The third kappa shape index (κ3) is 4.64. The second-order valence-corrected chi connectivity index (χ2v) is 5.60. The fourth-order valence-corrected chi connectivity index (χ4v) is 2.22. The average molecular weight is 277 g/mol. The molecule has 0 radical (unpaired) electrons. The predicted molar refractivity (Wildman–Crippen MR) is 82.6 cm³/mol. The molecular formula is C17H27NO2. The molecule has 0 bridgehead atoms. The van der Waals surface area contributed by atoms with Gasteiger partial charge in [0.1, 0.15) is 0 Å². The van der Waals surface area contributed by atoms with Crippen LogP contribution in [0.3, 0.4) is 0 Å². The molecule has 0 aliphatic carbocycles. The highest BCUT2D eigenvalue weighted by Crippen LogP contribution is 2.18. The zero-order valence-corrected chi connectivity index (χ0v) is 13.0. The monoisotopic (exact) mass is 277 g/mol. The van der Waals surface area contributed by atoms with Crippen LogP contribution < -0.4 is 5.32 Å². The second-order valence-electron chi connectivity index (χ2n) is 5.60. The van der Waals surface area contributed by atoms with Gasteiger partial charge in [0.25, 0.3) is 0 Å². The van der Waals surface area contributed by atoms with Crippen LogP contribution in [0.15, 0.2) is 24.3 Å². The summed E-state index contributed by atoms with van der Waals surface area (Å²) in [5.74, 6) is 0.564. The molecule has 112 valence electrons. The van der Waals surface area contributed by atoms with Gasteiger partial charge < -0.3 is 10.4 Å². The van der Waals surface area contributed by atoms with Gasteiger partial charge in [-0.05, 0) is 29.9 Å². The van der Waals surface area contributed by atoms with Crippen LogP contribution in [0.2, 0.25) is 0 Å². The Morgan fingerprint density at radius 1 is 1.10 bits per heavy atom. The maximum absolute atomic E-state index is 11.9. The van der Waals surface area contributed by atoms with Gasteiger partial charge in [-0.1, -0.05) is 52.0 Å². The van der Waals surface area contributed by atoms with Crippen molar-refractivity contribution in [3.05, 3.63) is 35.4 Å². The van der Waals surface area contributed by atoms with Crippen molar-refractivity contribution in [1.29, 1.82) is 0 Å². The second kappa shape index (κ2) is 8.05. The predicted octanol–water partition coefficient (Wildman–Crippen LogP) is 3.40. The van der Waals surface area contributed by atoms with Crippen molar-refractivity contribution in [1.82, 2.24) is 5.32 Å². The summed E-state index contributed by atoms with van der Waals surface area (Å²) >= 11 is 0. The van der Waals surface area contributed by atoms with E-state index in [0.717, 1.165) is 18.4 Å². The summed E-state index contributed by atoms with van der Waals surface area (Å²) in [6.07, 6.45) is 1.03. The zero-order chi connectivity index (χ0) is 15.1. The minimum absolute atomic E-state index is 0.0350. The summed E-state index contributed by atoms with van der Waals surface area (Å²) in [7, 11) is 0. The maximum atomic E-state index is 11.9. The highest BCUT2D eigenvalue weighted by atomic mass is 16.3. The summed E-state index contributed by atoms with van der Waals surface area (Å²) in [5, 5.41) is 12.9. The number of aliphatic hydroxyl groups excluding tert-OH is 1. The molecule has 0 aliphatic rings. The van der Waals surface area contributed by atoms with Gasteiger partial charge in [-0.2, -0.15) is 0 Å². The molecule has 0 saturated heterocycles. The zero-order valence-electron chi connectivity index (χ0n) is 13.0. The van der Waals surface area contributed by atoms with E-state index >= 15 is 0 Å². The lowest BCUT2D eigenvalue weighted by atomic mass is 9.99. The van der Waals surface area contributed by atoms with Gasteiger partial charge in [0.05, 0.1) is 6.10 Å². The molecule has 3 nitrogen and oxygen atoms in total. The van der Waals surface area contributed by atoms with Gasteiger partial charge >= 0.3 is 0 Å². The van der Waals surface area contributed by atoms with Gasteiger partial charge in [0.15, 0.2) is 0 Å². The first-order chi connectivity index (χ1) is 9.49. The van der Waals surface area contributed by atoms with Crippen LogP contribution in [-0.4, -0.2) is 17.6 Å². The van der Waals surface area contributed by atoms with Crippen LogP contribution in [-0.2, 0) is 4.79 Å². The number of hydrogen-bond donors (Lipinski definition) is 2. The summed E-state index contributed by atoms with van der Waals surface area (Å²) in [6, 6.07) is 7.93. The Kier molecular flexibility index (Phi) is 6.73. The van der Waals surface area contributed by atoms with E-state index in [1.807, 2.05) is 38.1 Å². The molecule has 2 N–H and O–H groups in total. The van der Waals surface area contributed by atoms with Gasteiger partial charge in [-0.3, -0.25) is 4.79 Å². The summed E-state index contributed by atoms with van der Waals surface area (Å²) in [6.45, 7) is 8.57. The number of nitrogens with one attached hydrogen (secondary N) is 1. The quantitative estimate of drug-likeness (QED) is 0.802. The minimum Gasteiger partial charge on any atom is -0.387 e. The van der Waals surface area contributed by atoms with Crippen LogP contribution >= 0.6 is 0 Å². The SMILES string of the molecule is CCC(CC)C(=O)NCC(O)c1ccc(C(C)C)cc1. The normalized spacial score (nSPS) is 12.8. The van der Waals surface area contributed by atoms with Crippen molar-refractivity contribution in [3.63, 3.8) is 0 Å². The third-order valence-electron chi connectivity index (χ3n) is 3.81. The van der Waals surface area contributed by atoms with E-state index in [1.165, 1.54) is 5.56 Å². The third-order valence-corrected chi connectivity index (χ3v) is 3.81. The van der Waals surface area contributed by atoms with E-state index in [0.29, 0.717) is 5.92 Å². The lowest BCUT2D eigenvalue weighted by Gasteiger charge is -2.16. The maximum Gasteiger partial charge on any atom is 0.223 e. The first-order valence-electron chi connectivity index (χ1n) is 7.55. The first kappa shape index (κ1) is 16.7. The van der Waals surface area contributed by atoms with Crippen molar-refractivity contribution < 1.29 is 9.90 Å². The van der Waals surface area contributed by atoms with Crippen molar-refractivity contribution in [2.75, 3.05) is 6.54 Å². The molecule has 3 heteroatoms. The average Bonchev–Trinajstić information content (AvgIpc) is 2.46. The Morgan fingerprint density at radius 2 is 1.60 bits per heavy atom. The molecule has 1 aromatic rings. The molecular weight excluding hydrogens is 250 g/mol. The standard InChI is InChI=1S/C17H27NO2/c1-5-13(6-2)17(20)18-11-16(19)15-9-7-14(8-10-15)12(3)4/h7-10,12-13,16,19H,5-6,11H2,1-4H3,(H,18,20). The molecule has 0 aromatic heterocycles. The van der Waals surface area contributed by atoms with E-state index in [4.69, 9.17) is 0 Å². The Morgan fingerprint density at radius 3 is 2.05 bits per heavy atom. The number of carbonyl (C=O) groups excluding carboxylic acids is 1. The van der Waals surface area contributed by atoms with Crippen molar-refractivity contribution in [3.8, 4) is 0 Å². The molecule has 1 aromatic carbocycles. The molecule has 0 aliphatic heterocycles. The molecule has 0 fully saturated rings. The van der Waals surface area contributed by atoms with Crippen LogP contribution in [0.5, 0.6) is 0 Å². The summed E-state index contributed by atoms with van der Waals surface area (Å²) < 4.78 is 0. The lowest BCUT2D eigenvalue weighted by molar-refractivity contribution is -0.125. The van der Waals surface area contributed by atoms with Crippen LogP contribution in [0.25, 0.3) is 0 Å². The van der Waals surface area contributed by atoms with E-state index in [2.05, 4.69) is 19.2 Å². The van der Waals surface area contributed by atoms with Gasteiger partial charge in [0, 0.05) is 12.5 Å². The topological polar surface area (TPSA) is 49.3 Å². The number of rotatable bonds is 7. The van der Waals surface area contributed by atoms with Gasteiger partial charge in [0.2, 0.25) is 5.91 Å². The molecule has 20 heavy (non-hydrogen) atoms. The smallest absolute Gasteiger partial charge is 0.223 e. The molecule has 0 spiro atoms. The fraction of sp³-hybridized carbons (Fsp3) is 0.588. The van der Waals surface area contributed by atoms with Crippen LogP contribution in [0.4, 0.5) is 0 Å². The summed E-state index contributed by atoms with van der Waals surface area (Å²) in [5.41, 5.74) is 2.10. The summed E-state index contributed by atoms with van der Waals surface area (Å²) in [4.78, 5) is 11.9. The highest BCUT2D eigenvalue weighted by Gasteiger charge is 2.15.